The number of para-hydroxylation sites is 1. The van der Waals surface area contributed by atoms with Crippen molar-refractivity contribution in [3.63, 3.8) is 0 Å². The Bertz CT molecular complexity index is 582. The van der Waals surface area contributed by atoms with Gasteiger partial charge >= 0.3 is 0 Å². The standard InChI is InChI=1S/C12H10N2O3/c13-10-6-5-8(7-11(10)14(16)17)9-3-1-2-4-12(9)15/h1-7,15H,13H2. The number of hydrogen-bond donors (Lipinski definition) is 2. The molecule has 0 spiro atoms. The maximum Gasteiger partial charge on any atom is 0.292 e. The molecule has 2 aromatic rings. The quantitative estimate of drug-likeness (QED) is 0.471. The topological polar surface area (TPSA) is 89.4 Å². The van der Waals surface area contributed by atoms with Gasteiger partial charge < -0.3 is 10.8 Å². The Kier molecular flexibility index (Phi) is 2.66. The van der Waals surface area contributed by atoms with Gasteiger partial charge in [0.1, 0.15) is 11.4 Å². The highest BCUT2D eigenvalue weighted by molar-refractivity contribution is 5.75. The Morgan fingerprint density at radius 3 is 2.53 bits per heavy atom. The van der Waals surface area contributed by atoms with E-state index in [1.165, 1.54) is 18.2 Å². The van der Waals surface area contributed by atoms with Crippen LogP contribution in [-0.2, 0) is 0 Å². The third-order valence-corrected chi connectivity index (χ3v) is 2.44. The number of nitrogen functional groups attached to an aromatic ring is 1. The maximum atomic E-state index is 10.8. The van der Waals surface area contributed by atoms with E-state index >= 15 is 0 Å². The van der Waals surface area contributed by atoms with Gasteiger partial charge in [-0.1, -0.05) is 24.3 Å². The van der Waals surface area contributed by atoms with Gasteiger partial charge in [0.2, 0.25) is 0 Å². The van der Waals surface area contributed by atoms with Gasteiger partial charge in [0.05, 0.1) is 4.92 Å². The van der Waals surface area contributed by atoms with Crippen molar-refractivity contribution in [2.45, 2.75) is 0 Å². The molecule has 0 radical (unpaired) electrons. The van der Waals surface area contributed by atoms with Crippen molar-refractivity contribution in [1.29, 1.82) is 0 Å². The summed E-state index contributed by atoms with van der Waals surface area (Å²) in [5, 5.41) is 20.4. The molecule has 0 fully saturated rings. The first-order valence-corrected chi connectivity index (χ1v) is 4.92. The smallest absolute Gasteiger partial charge is 0.292 e. The van der Waals surface area contributed by atoms with E-state index in [4.69, 9.17) is 5.73 Å². The fraction of sp³-hybridized carbons (Fsp3) is 0. The predicted octanol–water partition coefficient (Wildman–Crippen LogP) is 2.55. The summed E-state index contributed by atoms with van der Waals surface area (Å²) in [6.07, 6.45) is 0. The van der Waals surface area contributed by atoms with E-state index < -0.39 is 4.92 Å². The van der Waals surface area contributed by atoms with Crippen LogP contribution >= 0.6 is 0 Å². The summed E-state index contributed by atoms with van der Waals surface area (Å²) in [4.78, 5) is 10.2. The number of nitrogens with zero attached hydrogens (tertiary/aromatic N) is 1. The van der Waals surface area contributed by atoms with E-state index in [1.807, 2.05) is 0 Å². The molecule has 0 atom stereocenters. The zero-order chi connectivity index (χ0) is 12.4. The Morgan fingerprint density at radius 1 is 1.18 bits per heavy atom. The molecule has 0 amide bonds. The van der Waals surface area contributed by atoms with Crippen molar-refractivity contribution in [3.05, 3.63) is 52.6 Å². The third kappa shape index (κ3) is 2.03. The molecule has 0 heterocycles. The maximum absolute atomic E-state index is 10.8. The summed E-state index contributed by atoms with van der Waals surface area (Å²) >= 11 is 0. The van der Waals surface area contributed by atoms with Crippen LogP contribution in [0, 0.1) is 10.1 Å². The summed E-state index contributed by atoms with van der Waals surface area (Å²) in [6.45, 7) is 0. The lowest BCUT2D eigenvalue weighted by Crippen LogP contribution is -1.95. The van der Waals surface area contributed by atoms with E-state index in [0.717, 1.165) is 0 Å². The van der Waals surface area contributed by atoms with Crippen molar-refractivity contribution in [2.24, 2.45) is 0 Å². The third-order valence-electron chi connectivity index (χ3n) is 2.44. The lowest BCUT2D eigenvalue weighted by Gasteiger charge is -2.05. The number of hydrogen-bond acceptors (Lipinski definition) is 4. The van der Waals surface area contributed by atoms with Crippen LogP contribution in [0.1, 0.15) is 0 Å². The fourth-order valence-electron chi connectivity index (χ4n) is 1.59. The molecule has 0 saturated heterocycles. The molecule has 0 aliphatic carbocycles. The highest BCUT2D eigenvalue weighted by atomic mass is 16.6. The Balaban J connectivity index is 2.58. The second kappa shape index (κ2) is 4.13. The average Bonchev–Trinajstić information content (AvgIpc) is 2.30. The minimum atomic E-state index is -0.543. The highest BCUT2D eigenvalue weighted by Crippen LogP contribution is 2.33. The second-order valence-electron chi connectivity index (χ2n) is 3.55. The van der Waals surface area contributed by atoms with Gasteiger partial charge in [-0.15, -0.1) is 0 Å². The molecular weight excluding hydrogens is 220 g/mol. The van der Waals surface area contributed by atoms with E-state index in [-0.39, 0.29) is 17.1 Å². The normalized spacial score (nSPS) is 10.1. The molecule has 2 aromatic carbocycles. The van der Waals surface area contributed by atoms with Gasteiger partial charge in [0, 0.05) is 11.6 Å². The molecular formula is C12H10N2O3. The number of nitrogens with two attached hydrogens (primary N) is 1. The van der Waals surface area contributed by atoms with Gasteiger partial charge in [-0.05, 0) is 17.7 Å². The molecule has 5 nitrogen and oxygen atoms in total. The van der Waals surface area contributed by atoms with Crippen molar-refractivity contribution < 1.29 is 10.0 Å². The van der Waals surface area contributed by atoms with Crippen LogP contribution in [0.2, 0.25) is 0 Å². The van der Waals surface area contributed by atoms with Crippen molar-refractivity contribution in [3.8, 4) is 16.9 Å². The molecule has 0 aromatic heterocycles. The van der Waals surface area contributed by atoms with Crippen molar-refractivity contribution >= 4 is 11.4 Å². The van der Waals surface area contributed by atoms with Gasteiger partial charge in [-0.2, -0.15) is 0 Å². The van der Waals surface area contributed by atoms with Crippen LogP contribution < -0.4 is 5.73 Å². The summed E-state index contributed by atoms with van der Waals surface area (Å²) in [7, 11) is 0. The van der Waals surface area contributed by atoms with Gasteiger partial charge in [0.25, 0.3) is 5.69 Å². The number of benzene rings is 2. The number of nitro groups is 1. The van der Waals surface area contributed by atoms with Crippen molar-refractivity contribution in [1.82, 2.24) is 0 Å². The van der Waals surface area contributed by atoms with E-state index in [2.05, 4.69) is 0 Å². The summed E-state index contributed by atoms with van der Waals surface area (Å²) in [6, 6.07) is 11.1. The molecule has 0 unspecified atom stereocenters. The fourth-order valence-corrected chi connectivity index (χ4v) is 1.59. The molecule has 17 heavy (non-hydrogen) atoms. The van der Waals surface area contributed by atoms with E-state index in [9.17, 15) is 15.2 Å². The Labute approximate surface area is 97.3 Å². The first-order chi connectivity index (χ1) is 8.09. The minimum absolute atomic E-state index is 0.0755. The first kappa shape index (κ1) is 10.9. The highest BCUT2D eigenvalue weighted by Gasteiger charge is 2.13. The molecule has 0 aliphatic rings. The molecule has 2 rings (SSSR count). The lowest BCUT2D eigenvalue weighted by atomic mass is 10.0. The Morgan fingerprint density at radius 2 is 1.88 bits per heavy atom. The zero-order valence-corrected chi connectivity index (χ0v) is 8.83. The van der Waals surface area contributed by atoms with E-state index in [0.29, 0.717) is 11.1 Å². The number of phenolic OH excluding ortho intramolecular Hbond substituents is 1. The van der Waals surface area contributed by atoms with Gasteiger partial charge in [0.15, 0.2) is 0 Å². The van der Waals surface area contributed by atoms with Gasteiger partial charge in [-0.3, -0.25) is 10.1 Å². The van der Waals surface area contributed by atoms with Crippen LogP contribution in [0.5, 0.6) is 5.75 Å². The van der Waals surface area contributed by atoms with E-state index in [1.54, 1.807) is 24.3 Å². The molecule has 5 heteroatoms. The monoisotopic (exact) mass is 230 g/mol. The molecule has 0 aliphatic heterocycles. The number of rotatable bonds is 2. The summed E-state index contributed by atoms with van der Waals surface area (Å²) in [5.74, 6) is 0.0755. The SMILES string of the molecule is Nc1ccc(-c2ccccc2O)cc1[N+](=O)[O-]. The largest absolute Gasteiger partial charge is 0.507 e. The lowest BCUT2D eigenvalue weighted by molar-refractivity contribution is -0.383. The second-order valence-corrected chi connectivity index (χ2v) is 3.55. The number of nitro benzene ring substituents is 1. The first-order valence-electron chi connectivity index (χ1n) is 4.92. The molecule has 86 valence electrons. The molecule has 0 saturated carbocycles. The van der Waals surface area contributed by atoms with Gasteiger partial charge in [-0.25, -0.2) is 0 Å². The van der Waals surface area contributed by atoms with Crippen LogP contribution in [0.3, 0.4) is 0 Å². The van der Waals surface area contributed by atoms with Crippen LogP contribution in [0.15, 0.2) is 42.5 Å². The minimum Gasteiger partial charge on any atom is -0.507 e. The molecule has 3 N–H and O–H groups in total. The van der Waals surface area contributed by atoms with Crippen LogP contribution in [-0.4, -0.2) is 10.0 Å². The summed E-state index contributed by atoms with van der Waals surface area (Å²) in [5.41, 5.74) is 6.54. The number of aromatic hydroxyl groups is 1. The average molecular weight is 230 g/mol. The molecule has 0 bridgehead atoms. The number of anilines is 1. The number of phenols is 1. The van der Waals surface area contributed by atoms with Crippen molar-refractivity contribution in [2.75, 3.05) is 5.73 Å². The Hall–Kier alpha value is -2.56. The zero-order valence-electron chi connectivity index (χ0n) is 8.83. The van der Waals surface area contributed by atoms with Crippen LogP contribution in [0.4, 0.5) is 11.4 Å². The summed E-state index contributed by atoms with van der Waals surface area (Å²) < 4.78 is 0. The predicted molar refractivity (Wildman–Crippen MR) is 64.6 cm³/mol. The van der Waals surface area contributed by atoms with Crippen LogP contribution in [0.25, 0.3) is 11.1 Å².